The average molecular weight is 325 g/mol. The summed E-state index contributed by atoms with van der Waals surface area (Å²) < 4.78 is 75.1. The van der Waals surface area contributed by atoms with Gasteiger partial charge < -0.3 is 4.90 Å². The van der Waals surface area contributed by atoms with Crippen molar-refractivity contribution in [1.82, 2.24) is 4.90 Å². The van der Waals surface area contributed by atoms with E-state index in [0.29, 0.717) is 5.56 Å². The second-order valence-electron chi connectivity index (χ2n) is 5.20. The Kier molecular flexibility index (Phi) is 4.20. The van der Waals surface area contributed by atoms with Gasteiger partial charge in [0.25, 0.3) is 5.66 Å². The van der Waals surface area contributed by atoms with E-state index >= 15 is 0 Å². The van der Waals surface area contributed by atoms with E-state index in [1.165, 1.54) is 12.1 Å². The minimum atomic E-state index is -4.50. The predicted octanol–water partition coefficient (Wildman–Crippen LogP) is 4.25. The molecule has 0 aromatic heterocycles. The van der Waals surface area contributed by atoms with Crippen LogP contribution < -0.4 is 0 Å². The molecule has 0 aliphatic carbocycles. The zero-order valence-corrected chi connectivity index (χ0v) is 11.5. The Labute approximate surface area is 122 Å². The molecule has 0 saturated carbocycles. The van der Waals surface area contributed by atoms with Crippen LogP contribution in [0.3, 0.4) is 0 Å². The molecule has 0 radical (unpaired) electrons. The van der Waals surface area contributed by atoms with Crippen LogP contribution in [0.2, 0.25) is 0 Å². The second-order valence-corrected chi connectivity index (χ2v) is 5.20. The van der Waals surface area contributed by atoms with Gasteiger partial charge in [-0.25, -0.2) is 0 Å². The SMILES string of the molecule is CN(CCC1(C(F)(F)F)N=N1)Cc1ccc(C(F)(F)F)cc1. The summed E-state index contributed by atoms with van der Waals surface area (Å²) in [5, 5.41) is 6.14. The molecule has 1 aliphatic heterocycles. The Balaban J connectivity index is 1.86. The maximum absolute atomic E-state index is 12.6. The van der Waals surface area contributed by atoms with Crippen molar-refractivity contribution in [2.45, 2.75) is 31.0 Å². The Hall–Kier alpha value is -1.64. The number of hydrogen-bond donors (Lipinski definition) is 0. The van der Waals surface area contributed by atoms with Crippen molar-refractivity contribution in [2.75, 3.05) is 13.6 Å². The number of alkyl halides is 6. The van der Waals surface area contributed by atoms with Gasteiger partial charge in [0.05, 0.1) is 5.56 Å². The van der Waals surface area contributed by atoms with Crippen molar-refractivity contribution in [3.05, 3.63) is 35.4 Å². The third-order valence-corrected chi connectivity index (χ3v) is 3.37. The lowest BCUT2D eigenvalue weighted by Crippen LogP contribution is -2.36. The van der Waals surface area contributed by atoms with Gasteiger partial charge in [-0.2, -0.15) is 26.3 Å². The van der Waals surface area contributed by atoms with Crippen LogP contribution in [-0.2, 0) is 12.7 Å². The number of benzene rings is 1. The average Bonchev–Trinajstić information content (AvgIpc) is 3.16. The van der Waals surface area contributed by atoms with Crippen LogP contribution in [0, 0.1) is 0 Å². The summed E-state index contributed by atoms with van der Waals surface area (Å²) in [6, 6.07) is 4.52. The molecule has 0 unspecified atom stereocenters. The van der Waals surface area contributed by atoms with Gasteiger partial charge in [0.2, 0.25) is 0 Å². The van der Waals surface area contributed by atoms with Crippen molar-refractivity contribution < 1.29 is 26.3 Å². The van der Waals surface area contributed by atoms with Gasteiger partial charge >= 0.3 is 12.4 Å². The van der Waals surface area contributed by atoms with Gasteiger partial charge in [-0.1, -0.05) is 12.1 Å². The summed E-state index contributed by atoms with van der Waals surface area (Å²) in [6.07, 6.45) is -9.20. The molecule has 0 saturated heterocycles. The van der Waals surface area contributed by atoms with Crippen LogP contribution >= 0.6 is 0 Å². The molecule has 0 amide bonds. The molecule has 1 aromatic rings. The molecule has 1 heterocycles. The van der Waals surface area contributed by atoms with Crippen molar-refractivity contribution in [3.8, 4) is 0 Å². The van der Waals surface area contributed by atoms with E-state index in [2.05, 4.69) is 10.2 Å². The quantitative estimate of drug-likeness (QED) is 0.744. The summed E-state index contributed by atoms with van der Waals surface area (Å²) in [6.45, 7) is 0.319. The van der Waals surface area contributed by atoms with E-state index in [-0.39, 0.29) is 19.5 Å². The zero-order valence-electron chi connectivity index (χ0n) is 11.5. The highest BCUT2D eigenvalue weighted by Crippen LogP contribution is 2.46. The highest BCUT2D eigenvalue weighted by Gasteiger charge is 2.63. The Morgan fingerprint density at radius 1 is 1.00 bits per heavy atom. The van der Waals surface area contributed by atoms with Crippen LogP contribution in [-0.4, -0.2) is 30.3 Å². The molecule has 122 valence electrons. The van der Waals surface area contributed by atoms with Crippen molar-refractivity contribution >= 4 is 0 Å². The third-order valence-electron chi connectivity index (χ3n) is 3.37. The fourth-order valence-corrected chi connectivity index (χ4v) is 1.95. The normalized spacial score (nSPS) is 17.1. The molecule has 1 aliphatic rings. The molecule has 2 rings (SSSR count). The highest BCUT2D eigenvalue weighted by molar-refractivity contribution is 5.24. The lowest BCUT2D eigenvalue weighted by molar-refractivity contribution is -0.165. The molecular weight excluding hydrogens is 312 g/mol. The summed E-state index contributed by atoms with van der Waals surface area (Å²) in [5.74, 6) is 0. The van der Waals surface area contributed by atoms with E-state index in [4.69, 9.17) is 0 Å². The maximum atomic E-state index is 12.6. The number of rotatable bonds is 5. The topological polar surface area (TPSA) is 28.0 Å². The van der Waals surface area contributed by atoms with Gasteiger partial charge in [0.15, 0.2) is 0 Å². The zero-order chi connectivity index (χ0) is 16.6. The van der Waals surface area contributed by atoms with Gasteiger partial charge in [0, 0.05) is 19.5 Å². The largest absolute Gasteiger partial charge is 0.437 e. The summed E-state index contributed by atoms with van der Waals surface area (Å²) in [4.78, 5) is 1.58. The Bertz CT molecular complexity index is 540. The molecular formula is C13H13F6N3. The minimum Gasteiger partial charge on any atom is -0.302 e. The van der Waals surface area contributed by atoms with E-state index in [1.807, 2.05) is 0 Å². The molecule has 0 N–H and O–H groups in total. The first-order chi connectivity index (χ1) is 10.0. The first kappa shape index (κ1) is 16.7. The van der Waals surface area contributed by atoms with E-state index in [1.54, 1.807) is 11.9 Å². The van der Waals surface area contributed by atoms with Crippen LogP contribution in [0.5, 0.6) is 0 Å². The first-order valence-electron chi connectivity index (χ1n) is 6.39. The molecule has 0 spiro atoms. The molecule has 22 heavy (non-hydrogen) atoms. The Morgan fingerprint density at radius 2 is 1.55 bits per heavy atom. The fourth-order valence-electron chi connectivity index (χ4n) is 1.95. The number of nitrogens with zero attached hydrogens (tertiary/aromatic N) is 3. The summed E-state index contributed by atoms with van der Waals surface area (Å²) in [7, 11) is 1.59. The van der Waals surface area contributed by atoms with E-state index in [0.717, 1.165) is 12.1 Å². The molecule has 1 aromatic carbocycles. The third kappa shape index (κ3) is 3.76. The van der Waals surface area contributed by atoms with Gasteiger partial charge in [-0.05, 0) is 24.7 Å². The second kappa shape index (κ2) is 5.53. The van der Waals surface area contributed by atoms with Crippen LogP contribution in [0.15, 0.2) is 34.5 Å². The van der Waals surface area contributed by atoms with Crippen LogP contribution in [0.25, 0.3) is 0 Å². The highest BCUT2D eigenvalue weighted by atomic mass is 19.4. The van der Waals surface area contributed by atoms with Crippen LogP contribution in [0.4, 0.5) is 26.3 Å². The van der Waals surface area contributed by atoms with E-state index in [9.17, 15) is 26.3 Å². The lowest BCUT2D eigenvalue weighted by Gasteiger charge is -2.20. The monoisotopic (exact) mass is 325 g/mol. The molecule has 3 nitrogen and oxygen atoms in total. The molecule has 9 heteroatoms. The molecule has 0 atom stereocenters. The van der Waals surface area contributed by atoms with Crippen LogP contribution in [0.1, 0.15) is 17.5 Å². The first-order valence-corrected chi connectivity index (χ1v) is 6.39. The van der Waals surface area contributed by atoms with Crippen molar-refractivity contribution in [1.29, 1.82) is 0 Å². The van der Waals surface area contributed by atoms with Gasteiger partial charge in [-0.3, -0.25) is 0 Å². The van der Waals surface area contributed by atoms with Gasteiger partial charge in [-0.15, -0.1) is 10.2 Å². The molecule has 0 fully saturated rings. The van der Waals surface area contributed by atoms with E-state index < -0.39 is 23.6 Å². The number of halogens is 6. The van der Waals surface area contributed by atoms with Crippen molar-refractivity contribution in [3.63, 3.8) is 0 Å². The predicted molar refractivity (Wildman–Crippen MR) is 66.0 cm³/mol. The summed E-state index contributed by atoms with van der Waals surface area (Å²) in [5.41, 5.74) is -2.46. The van der Waals surface area contributed by atoms with Gasteiger partial charge in [0.1, 0.15) is 0 Å². The maximum Gasteiger partial charge on any atom is 0.437 e. The molecule has 0 bridgehead atoms. The smallest absolute Gasteiger partial charge is 0.302 e. The lowest BCUT2D eigenvalue weighted by atomic mass is 10.1. The Morgan fingerprint density at radius 3 is 1.95 bits per heavy atom. The van der Waals surface area contributed by atoms with Crippen molar-refractivity contribution in [2.24, 2.45) is 10.2 Å². The summed E-state index contributed by atoms with van der Waals surface area (Å²) >= 11 is 0. The minimum absolute atomic E-state index is 0.0769. The number of hydrogen-bond acceptors (Lipinski definition) is 3. The fraction of sp³-hybridized carbons (Fsp3) is 0.538. The standard InChI is InChI=1S/C13H13F6N3/c1-22(7-6-11(20-21-11)13(17,18)19)8-9-2-4-10(5-3-9)12(14,15)16/h2-5H,6-8H2,1H3.